The molecule has 68 valence electrons. The van der Waals surface area contributed by atoms with Crippen LogP contribution in [0.4, 0.5) is 15.9 Å². The maximum atomic E-state index is 12.7. The zero-order valence-electron chi connectivity index (χ0n) is 6.80. The van der Waals surface area contributed by atoms with Gasteiger partial charge in [0.2, 0.25) is 5.91 Å². The number of halogens is 1. The van der Waals surface area contributed by atoms with Crippen LogP contribution in [0.15, 0.2) is 12.3 Å². The summed E-state index contributed by atoms with van der Waals surface area (Å²) in [6.45, 7) is 0.525. The van der Waals surface area contributed by atoms with Gasteiger partial charge in [-0.25, -0.2) is 9.37 Å². The molecule has 2 N–H and O–H groups in total. The third-order valence-corrected chi connectivity index (χ3v) is 1.77. The van der Waals surface area contributed by atoms with E-state index in [0.29, 0.717) is 24.5 Å². The van der Waals surface area contributed by atoms with Crippen LogP contribution in [0.1, 0.15) is 6.42 Å². The lowest BCUT2D eigenvalue weighted by Gasteiger charge is -2.04. The lowest BCUT2D eigenvalue weighted by molar-refractivity contribution is -0.115. The normalized spacial score (nSPS) is 15.3. The molecule has 0 aromatic carbocycles. The van der Waals surface area contributed by atoms with Gasteiger partial charge in [0.05, 0.1) is 11.9 Å². The van der Waals surface area contributed by atoms with E-state index in [-0.39, 0.29) is 5.91 Å². The highest BCUT2D eigenvalue weighted by molar-refractivity contribution is 5.95. The van der Waals surface area contributed by atoms with Crippen molar-refractivity contribution in [3.05, 3.63) is 18.1 Å². The summed E-state index contributed by atoms with van der Waals surface area (Å²) in [7, 11) is 0. The highest BCUT2D eigenvalue weighted by Gasteiger charge is 2.13. The number of pyridine rings is 1. The topological polar surface area (TPSA) is 54.0 Å². The first-order valence-corrected chi connectivity index (χ1v) is 3.95. The van der Waals surface area contributed by atoms with Crippen molar-refractivity contribution >= 4 is 17.4 Å². The standard InChI is InChI=1S/C8H8FN3O/c9-5-3-6-8(11-4-5)10-2-1-7(13)12-6/h3-4H,1-2H2,(H,10,11)(H,12,13). The number of hydrogen-bond acceptors (Lipinski definition) is 3. The van der Waals surface area contributed by atoms with Gasteiger partial charge < -0.3 is 10.6 Å². The summed E-state index contributed by atoms with van der Waals surface area (Å²) in [4.78, 5) is 14.9. The minimum absolute atomic E-state index is 0.126. The lowest BCUT2D eigenvalue weighted by Crippen LogP contribution is -2.10. The summed E-state index contributed by atoms with van der Waals surface area (Å²) < 4.78 is 12.7. The fraction of sp³-hybridized carbons (Fsp3) is 0.250. The molecule has 1 aliphatic rings. The highest BCUT2D eigenvalue weighted by Crippen LogP contribution is 2.21. The second-order valence-corrected chi connectivity index (χ2v) is 2.77. The molecule has 1 aliphatic heterocycles. The van der Waals surface area contributed by atoms with Gasteiger partial charge in [-0.05, 0) is 0 Å². The van der Waals surface area contributed by atoms with E-state index in [1.807, 2.05) is 0 Å². The smallest absolute Gasteiger partial charge is 0.226 e. The first-order chi connectivity index (χ1) is 6.25. The Morgan fingerprint density at radius 3 is 3.23 bits per heavy atom. The number of amides is 1. The van der Waals surface area contributed by atoms with Crippen molar-refractivity contribution in [3.8, 4) is 0 Å². The Labute approximate surface area is 74.2 Å². The molecule has 0 bridgehead atoms. The molecule has 0 unspecified atom stereocenters. The van der Waals surface area contributed by atoms with Gasteiger partial charge in [-0.2, -0.15) is 0 Å². The number of rotatable bonds is 0. The third-order valence-electron chi connectivity index (χ3n) is 1.77. The van der Waals surface area contributed by atoms with Crippen molar-refractivity contribution in [2.75, 3.05) is 17.2 Å². The maximum Gasteiger partial charge on any atom is 0.226 e. The number of hydrogen-bond donors (Lipinski definition) is 2. The second kappa shape index (κ2) is 3.01. The second-order valence-electron chi connectivity index (χ2n) is 2.77. The molecule has 0 radical (unpaired) electrons. The van der Waals surface area contributed by atoms with Crippen molar-refractivity contribution in [2.45, 2.75) is 6.42 Å². The van der Waals surface area contributed by atoms with Crippen LogP contribution in [0.5, 0.6) is 0 Å². The highest BCUT2D eigenvalue weighted by atomic mass is 19.1. The number of aromatic nitrogens is 1. The third kappa shape index (κ3) is 1.58. The molecule has 0 saturated heterocycles. The Morgan fingerprint density at radius 2 is 2.38 bits per heavy atom. The summed E-state index contributed by atoms with van der Waals surface area (Å²) in [5, 5.41) is 5.48. The summed E-state index contributed by atoms with van der Waals surface area (Å²) in [5.41, 5.74) is 0.405. The lowest BCUT2D eigenvalue weighted by atomic mass is 10.3. The first-order valence-electron chi connectivity index (χ1n) is 3.95. The van der Waals surface area contributed by atoms with Crippen molar-refractivity contribution in [2.24, 2.45) is 0 Å². The quantitative estimate of drug-likeness (QED) is 0.627. The largest absolute Gasteiger partial charge is 0.368 e. The Hall–Kier alpha value is -1.65. The zero-order chi connectivity index (χ0) is 9.26. The number of carbonyl (C=O) groups is 1. The SMILES string of the molecule is O=C1CCNc2ncc(F)cc2N1. The molecule has 2 heterocycles. The molecule has 0 fully saturated rings. The molecular formula is C8H8FN3O. The van der Waals surface area contributed by atoms with E-state index in [1.54, 1.807) is 0 Å². The summed E-state index contributed by atoms with van der Waals surface area (Å²) in [6.07, 6.45) is 1.49. The molecule has 2 rings (SSSR count). The van der Waals surface area contributed by atoms with E-state index in [4.69, 9.17) is 0 Å². The van der Waals surface area contributed by atoms with Crippen molar-refractivity contribution < 1.29 is 9.18 Å². The fourth-order valence-corrected chi connectivity index (χ4v) is 1.18. The molecule has 5 heteroatoms. The van der Waals surface area contributed by atoms with Crippen LogP contribution in [0, 0.1) is 5.82 Å². The molecule has 4 nitrogen and oxygen atoms in total. The summed E-state index contributed by atoms with van der Waals surface area (Å²) in [5.74, 6) is -0.0614. The number of fused-ring (bicyclic) bond motifs is 1. The predicted octanol–water partition coefficient (Wildman–Crippen LogP) is 0.975. The summed E-state index contributed by atoms with van der Waals surface area (Å²) >= 11 is 0. The molecule has 13 heavy (non-hydrogen) atoms. The maximum absolute atomic E-state index is 12.7. The van der Waals surface area contributed by atoms with Gasteiger partial charge in [-0.1, -0.05) is 0 Å². The van der Waals surface area contributed by atoms with E-state index in [9.17, 15) is 9.18 Å². The monoisotopic (exact) mass is 181 g/mol. The fourth-order valence-electron chi connectivity index (χ4n) is 1.18. The minimum atomic E-state index is -0.456. The molecule has 1 amide bonds. The molecule has 0 atom stereocenters. The first kappa shape index (κ1) is 7.97. The molecule has 0 spiro atoms. The Kier molecular flexibility index (Phi) is 1.84. The van der Waals surface area contributed by atoms with Crippen LogP contribution in [-0.4, -0.2) is 17.4 Å². The average molecular weight is 181 g/mol. The van der Waals surface area contributed by atoms with Crippen LogP contribution >= 0.6 is 0 Å². The van der Waals surface area contributed by atoms with E-state index < -0.39 is 5.82 Å². The number of anilines is 2. The average Bonchev–Trinajstić information content (AvgIpc) is 2.25. The van der Waals surface area contributed by atoms with Gasteiger partial charge >= 0.3 is 0 Å². The predicted molar refractivity (Wildman–Crippen MR) is 45.9 cm³/mol. The zero-order valence-corrected chi connectivity index (χ0v) is 6.80. The molecule has 1 aromatic heterocycles. The van der Waals surface area contributed by atoms with E-state index in [0.717, 1.165) is 6.20 Å². The minimum Gasteiger partial charge on any atom is -0.368 e. The van der Waals surface area contributed by atoms with Gasteiger partial charge in [0, 0.05) is 19.0 Å². The van der Waals surface area contributed by atoms with Gasteiger partial charge in [0.25, 0.3) is 0 Å². The van der Waals surface area contributed by atoms with Crippen molar-refractivity contribution in [3.63, 3.8) is 0 Å². The number of nitrogens with zero attached hydrogens (tertiary/aromatic N) is 1. The molecule has 1 aromatic rings. The Bertz CT molecular complexity index is 353. The van der Waals surface area contributed by atoms with Crippen molar-refractivity contribution in [1.29, 1.82) is 0 Å². The molecule has 0 aliphatic carbocycles. The van der Waals surface area contributed by atoms with Crippen LogP contribution in [0.25, 0.3) is 0 Å². The van der Waals surface area contributed by atoms with Crippen LogP contribution < -0.4 is 10.6 Å². The molecular weight excluding hydrogens is 173 g/mol. The Balaban J connectivity index is 2.40. The van der Waals surface area contributed by atoms with Crippen LogP contribution in [0.3, 0.4) is 0 Å². The van der Waals surface area contributed by atoms with E-state index in [2.05, 4.69) is 15.6 Å². The van der Waals surface area contributed by atoms with Gasteiger partial charge in [0.15, 0.2) is 0 Å². The van der Waals surface area contributed by atoms with Gasteiger partial charge in [-0.3, -0.25) is 4.79 Å². The molecule has 0 saturated carbocycles. The van der Waals surface area contributed by atoms with Gasteiger partial charge in [-0.15, -0.1) is 0 Å². The van der Waals surface area contributed by atoms with Gasteiger partial charge in [0.1, 0.15) is 11.6 Å². The van der Waals surface area contributed by atoms with Crippen LogP contribution in [-0.2, 0) is 4.79 Å². The van der Waals surface area contributed by atoms with E-state index in [1.165, 1.54) is 6.07 Å². The Morgan fingerprint density at radius 1 is 1.54 bits per heavy atom. The van der Waals surface area contributed by atoms with Crippen LogP contribution in [0.2, 0.25) is 0 Å². The van der Waals surface area contributed by atoms with Crippen molar-refractivity contribution in [1.82, 2.24) is 4.98 Å². The van der Waals surface area contributed by atoms with E-state index >= 15 is 0 Å². The number of nitrogens with one attached hydrogen (secondary N) is 2. The number of carbonyl (C=O) groups excluding carboxylic acids is 1. The summed E-state index contributed by atoms with van der Waals surface area (Å²) in [6, 6.07) is 1.25.